The number of nitro groups is 1. The van der Waals surface area contributed by atoms with Gasteiger partial charge in [0.05, 0.1) is 11.2 Å². The molecule has 1 atom stereocenters. The molecule has 2 aromatic rings. The van der Waals surface area contributed by atoms with Gasteiger partial charge in [0.25, 0.3) is 5.91 Å². The van der Waals surface area contributed by atoms with E-state index in [9.17, 15) is 14.9 Å². The number of amides is 1. The lowest BCUT2D eigenvalue weighted by Crippen LogP contribution is -2.29. The van der Waals surface area contributed by atoms with E-state index >= 15 is 0 Å². The molecule has 0 spiro atoms. The van der Waals surface area contributed by atoms with Crippen LogP contribution in [0.15, 0.2) is 27.9 Å². The summed E-state index contributed by atoms with van der Waals surface area (Å²) in [7, 11) is 0. The highest BCUT2D eigenvalue weighted by Gasteiger charge is 2.26. The average Bonchev–Trinajstić information content (AvgIpc) is 3.11. The molecule has 0 fully saturated rings. The molecule has 0 saturated heterocycles. The minimum Gasteiger partial charge on any atom is -0.463 e. The SMILES string of the molecule is CC(=NNC(=O)C(C)n1nc(C)c([N+](=O)[O-])c1C)c1ccco1. The maximum atomic E-state index is 12.2. The summed E-state index contributed by atoms with van der Waals surface area (Å²) in [5.74, 6) is 0.108. The molecule has 2 rings (SSSR count). The smallest absolute Gasteiger partial charge is 0.312 e. The third kappa shape index (κ3) is 3.28. The molecule has 2 aromatic heterocycles. The van der Waals surface area contributed by atoms with Crippen LogP contribution >= 0.6 is 0 Å². The Kier molecular flexibility index (Phi) is 4.58. The second-order valence-electron chi connectivity index (χ2n) is 5.05. The van der Waals surface area contributed by atoms with Gasteiger partial charge < -0.3 is 4.42 Å². The van der Waals surface area contributed by atoms with Crippen molar-refractivity contribution >= 4 is 17.3 Å². The molecule has 9 nitrogen and oxygen atoms in total. The zero-order valence-electron chi connectivity index (χ0n) is 13.2. The topological polar surface area (TPSA) is 116 Å². The predicted molar refractivity (Wildman–Crippen MR) is 82.1 cm³/mol. The molecule has 9 heteroatoms. The summed E-state index contributed by atoms with van der Waals surface area (Å²) >= 11 is 0. The first-order valence-electron chi connectivity index (χ1n) is 6.91. The number of aromatic nitrogens is 2. The number of nitrogens with one attached hydrogen (secondary N) is 1. The van der Waals surface area contributed by atoms with E-state index in [1.54, 1.807) is 32.9 Å². The summed E-state index contributed by atoms with van der Waals surface area (Å²) in [6.07, 6.45) is 1.51. The van der Waals surface area contributed by atoms with Crippen LogP contribution in [0.4, 0.5) is 5.69 Å². The largest absolute Gasteiger partial charge is 0.463 e. The van der Waals surface area contributed by atoms with E-state index in [0.29, 0.717) is 17.2 Å². The zero-order chi connectivity index (χ0) is 17.1. The third-order valence-corrected chi connectivity index (χ3v) is 3.43. The number of nitrogens with zero attached hydrogens (tertiary/aromatic N) is 4. The van der Waals surface area contributed by atoms with Crippen LogP contribution in [-0.4, -0.2) is 26.3 Å². The lowest BCUT2D eigenvalue weighted by atomic mass is 10.3. The summed E-state index contributed by atoms with van der Waals surface area (Å²) < 4.78 is 6.48. The molecule has 1 N–H and O–H groups in total. The van der Waals surface area contributed by atoms with Gasteiger partial charge in [-0.2, -0.15) is 10.2 Å². The molecule has 0 aliphatic rings. The van der Waals surface area contributed by atoms with E-state index in [2.05, 4.69) is 15.6 Å². The molecule has 0 aliphatic carbocycles. The van der Waals surface area contributed by atoms with Crippen LogP contribution in [0.1, 0.15) is 37.0 Å². The van der Waals surface area contributed by atoms with Crippen LogP contribution in [0.25, 0.3) is 0 Å². The van der Waals surface area contributed by atoms with E-state index in [1.807, 2.05) is 0 Å². The monoisotopic (exact) mass is 319 g/mol. The number of aryl methyl sites for hydroxylation is 1. The Morgan fingerprint density at radius 3 is 2.74 bits per heavy atom. The number of hydrazone groups is 1. The second-order valence-corrected chi connectivity index (χ2v) is 5.05. The van der Waals surface area contributed by atoms with E-state index in [1.165, 1.54) is 17.9 Å². The number of furan rings is 1. The molecular weight excluding hydrogens is 302 g/mol. The van der Waals surface area contributed by atoms with E-state index in [-0.39, 0.29) is 11.4 Å². The van der Waals surface area contributed by atoms with Crippen molar-refractivity contribution in [3.8, 4) is 0 Å². The zero-order valence-corrected chi connectivity index (χ0v) is 13.2. The highest BCUT2D eigenvalue weighted by molar-refractivity contribution is 5.96. The first kappa shape index (κ1) is 16.4. The van der Waals surface area contributed by atoms with Crippen molar-refractivity contribution in [3.63, 3.8) is 0 Å². The molecule has 0 radical (unpaired) electrons. The Morgan fingerprint density at radius 1 is 1.52 bits per heavy atom. The van der Waals surface area contributed by atoms with Crippen molar-refractivity contribution in [2.24, 2.45) is 5.10 Å². The van der Waals surface area contributed by atoms with Crippen molar-refractivity contribution in [1.82, 2.24) is 15.2 Å². The average molecular weight is 319 g/mol. The van der Waals surface area contributed by atoms with Crippen molar-refractivity contribution in [2.75, 3.05) is 0 Å². The summed E-state index contributed by atoms with van der Waals surface area (Å²) in [6.45, 7) is 6.37. The molecule has 23 heavy (non-hydrogen) atoms. The van der Waals surface area contributed by atoms with E-state index in [0.717, 1.165) is 0 Å². The fourth-order valence-electron chi connectivity index (χ4n) is 2.18. The third-order valence-electron chi connectivity index (χ3n) is 3.43. The number of carbonyl (C=O) groups is 1. The van der Waals surface area contributed by atoms with Gasteiger partial charge in [0.1, 0.15) is 28.9 Å². The van der Waals surface area contributed by atoms with Gasteiger partial charge in [0.2, 0.25) is 0 Å². The van der Waals surface area contributed by atoms with Crippen LogP contribution in [0.3, 0.4) is 0 Å². The molecule has 2 heterocycles. The van der Waals surface area contributed by atoms with Gasteiger partial charge in [0, 0.05) is 0 Å². The first-order valence-corrected chi connectivity index (χ1v) is 6.91. The molecule has 0 aliphatic heterocycles. The summed E-state index contributed by atoms with van der Waals surface area (Å²) in [5.41, 5.74) is 3.43. The molecule has 0 bridgehead atoms. The van der Waals surface area contributed by atoms with Gasteiger partial charge in [-0.3, -0.25) is 19.6 Å². The molecule has 1 amide bonds. The van der Waals surface area contributed by atoms with Crippen LogP contribution in [0.2, 0.25) is 0 Å². The van der Waals surface area contributed by atoms with Crippen LogP contribution < -0.4 is 5.43 Å². The number of hydrogen-bond acceptors (Lipinski definition) is 6. The quantitative estimate of drug-likeness (QED) is 0.514. The normalized spacial score (nSPS) is 13.0. The predicted octanol–water partition coefficient (Wildman–Crippen LogP) is 2.10. The first-order chi connectivity index (χ1) is 10.8. The van der Waals surface area contributed by atoms with E-state index < -0.39 is 16.9 Å². The summed E-state index contributed by atoms with van der Waals surface area (Å²) in [5, 5.41) is 19.0. The standard InChI is InChI=1S/C14H17N5O4/c1-8(12-6-5-7-23-12)15-16-14(20)11(4)18-10(3)13(19(21)22)9(2)17-18/h5-7,11H,1-4H3,(H,16,20). The summed E-state index contributed by atoms with van der Waals surface area (Å²) in [4.78, 5) is 22.7. The minimum atomic E-state index is -0.740. The van der Waals surface area contributed by atoms with Gasteiger partial charge in [-0.1, -0.05) is 0 Å². The van der Waals surface area contributed by atoms with Crippen molar-refractivity contribution in [1.29, 1.82) is 0 Å². The number of carbonyl (C=O) groups excluding carboxylic acids is 1. The van der Waals surface area contributed by atoms with Gasteiger partial charge in [-0.25, -0.2) is 5.43 Å². The summed E-state index contributed by atoms with van der Waals surface area (Å²) in [6, 6.07) is 2.70. The van der Waals surface area contributed by atoms with Gasteiger partial charge in [0.15, 0.2) is 0 Å². The molecule has 0 aromatic carbocycles. The molecule has 0 saturated carbocycles. The fourth-order valence-corrected chi connectivity index (χ4v) is 2.18. The van der Waals surface area contributed by atoms with Crippen LogP contribution in [-0.2, 0) is 4.79 Å². The highest BCUT2D eigenvalue weighted by Crippen LogP contribution is 2.24. The molecular formula is C14H17N5O4. The van der Waals surface area contributed by atoms with Crippen molar-refractivity contribution in [2.45, 2.75) is 33.7 Å². The molecule has 122 valence electrons. The highest BCUT2D eigenvalue weighted by atomic mass is 16.6. The van der Waals surface area contributed by atoms with Gasteiger partial charge in [-0.05, 0) is 39.8 Å². The number of hydrogen-bond donors (Lipinski definition) is 1. The minimum absolute atomic E-state index is 0.0834. The number of rotatable bonds is 5. The van der Waals surface area contributed by atoms with Crippen molar-refractivity contribution < 1.29 is 14.1 Å². The fraction of sp³-hybridized carbons (Fsp3) is 0.357. The lowest BCUT2D eigenvalue weighted by molar-refractivity contribution is -0.386. The van der Waals surface area contributed by atoms with Crippen molar-refractivity contribution in [3.05, 3.63) is 45.7 Å². The Morgan fingerprint density at radius 2 is 2.22 bits per heavy atom. The molecule has 1 unspecified atom stereocenters. The Labute approximate surface area is 132 Å². The second kappa shape index (κ2) is 6.42. The van der Waals surface area contributed by atoms with Crippen LogP contribution in [0, 0.1) is 24.0 Å². The Balaban J connectivity index is 2.16. The van der Waals surface area contributed by atoms with E-state index in [4.69, 9.17) is 4.42 Å². The Hall–Kier alpha value is -2.97. The maximum absolute atomic E-state index is 12.2. The Bertz CT molecular complexity index is 760. The van der Waals surface area contributed by atoms with Gasteiger partial charge >= 0.3 is 5.69 Å². The lowest BCUT2D eigenvalue weighted by Gasteiger charge is -2.12. The maximum Gasteiger partial charge on any atom is 0.312 e. The van der Waals surface area contributed by atoms with Gasteiger partial charge in [-0.15, -0.1) is 0 Å². The van der Waals surface area contributed by atoms with Crippen LogP contribution in [0.5, 0.6) is 0 Å².